The van der Waals surface area contributed by atoms with Crippen LogP contribution in [0.2, 0.25) is 0 Å². The van der Waals surface area contributed by atoms with Gasteiger partial charge in [0, 0.05) is 13.0 Å². The number of rotatable bonds is 1. The van der Waals surface area contributed by atoms with Crippen LogP contribution in [0.15, 0.2) is 18.3 Å². The summed E-state index contributed by atoms with van der Waals surface area (Å²) >= 11 is 0. The average molecular weight is 277 g/mol. The van der Waals surface area contributed by atoms with Gasteiger partial charge in [-0.1, -0.05) is 0 Å². The highest BCUT2D eigenvalue weighted by Crippen LogP contribution is 2.01. The third-order valence-electron chi connectivity index (χ3n) is 1.87. The lowest BCUT2D eigenvalue weighted by molar-refractivity contribution is -0.677. The van der Waals surface area contributed by atoms with Crippen molar-refractivity contribution in [3.8, 4) is 0 Å². The Kier molecular flexibility index (Phi) is 4.37. The van der Waals surface area contributed by atoms with E-state index in [0.29, 0.717) is 0 Å². The van der Waals surface area contributed by atoms with E-state index in [4.69, 9.17) is 0 Å². The Hall–Kier alpha value is -0.450. The summed E-state index contributed by atoms with van der Waals surface area (Å²) in [6, 6.07) is 3.72. The minimum Gasteiger partial charge on any atom is -1.00 e. The van der Waals surface area contributed by atoms with Crippen molar-refractivity contribution in [2.75, 3.05) is 0 Å². The summed E-state index contributed by atoms with van der Waals surface area (Å²) in [6.45, 7) is 3.53. The van der Waals surface area contributed by atoms with Crippen molar-refractivity contribution in [1.82, 2.24) is 0 Å². The third-order valence-corrected chi connectivity index (χ3v) is 1.87. The lowest BCUT2D eigenvalue weighted by Crippen LogP contribution is -3.00. The van der Waals surface area contributed by atoms with Gasteiger partial charge >= 0.3 is 0 Å². The van der Waals surface area contributed by atoms with Crippen molar-refractivity contribution >= 4 is 5.78 Å². The highest BCUT2D eigenvalue weighted by molar-refractivity contribution is 5.94. The standard InChI is InChI=1S/C9H12NO.HI/c1-7-9(8(2)11)5-4-6-10(7)3;/h4-6H,1-3H3;1H/q+1;/p-1. The van der Waals surface area contributed by atoms with E-state index in [1.807, 2.05) is 36.9 Å². The third kappa shape index (κ3) is 2.27. The predicted molar refractivity (Wildman–Crippen MR) is 42.4 cm³/mol. The minimum absolute atomic E-state index is 0. The van der Waals surface area contributed by atoms with E-state index in [-0.39, 0.29) is 29.8 Å². The van der Waals surface area contributed by atoms with E-state index >= 15 is 0 Å². The summed E-state index contributed by atoms with van der Waals surface area (Å²) < 4.78 is 1.94. The van der Waals surface area contributed by atoms with Gasteiger partial charge in [-0.05, 0) is 13.0 Å². The second-order valence-corrected chi connectivity index (χ2v) is 2.67. The minimum atomic E-state index is 0. The number of aryl methyl sites for hydroxylation is 1. The van der Waals surface area contributed by atoms with Crippen LogP contribution in [0.1, 0.15) is 23.0 Å². The molecule has 1 rings (SSSR count). The normalized spacial score (nSPS) is 8.92. The quantitative estimate of drug-likeness (QED) is 0.331. The summed E-state index contributed by atoms with van der Waals surface area (Å²) in [5.41, 5.74) is 1.81. The van der Waals surface area contributed by atoms with E-state index in [0.717, 1.165) is 11.3 Å². The molecular formula is C9H12INO. The summed E-state index contributed by atoms with van der Waals surface area (Å²) in [5.74, 6) is 0.124. The topological polar surface area (TPSA) is 20.9 Å². The zero-order valence-corrected chi connectivity index (χ0v) is 9.62. The maximum Gasteiger partial charge on any atom is 0.188 e. The Morgan fingerprint density at radius 3 is 2.50 bits per heavy atom. The summed E-state index contributed by atoms with van der Waals surface area (Å²) in [6.07, 6.45) is 1.93. The first-order chi connectivity index (χ1) is 5.13. The number of ketones is 1. The van der Waals surface area contributed by atoms with Gasteiger partial charge < -0.3 is 24.0 Å². The molecule has 2 nitrogen and oxygen atoms in total. The molecule has 3 heteroatoms. The van der Waals surface area contributed by atoms with Gasteiger partial charge in [-0.15, -0.1) is 0 Å². The van der Waals surface area contributed by atoms with Gasteiger partial charge in [-0.25, -0.2) is 4.57 Å². The molecule has 0 saturated carbocycles. The molecule has 1 heterocycles. The maximum atomic E-state index is 11.0. The van der Waals surface area contributed by atoms with Crippen LogP contribution in [0, 0.1) is 6.92 Å². The van der Waals surface area contributed by atoms with Crippen molar-refractivity contribution in [1.29, 1.82) is 0 Å². The molecular weight excluding hydrogens is 265 g/mol. The molecule has 0 atom stereocenters. The fourth-order valence-electron chi connectivity index (χ4n) is 1.06. The number of pyridine rings is 1. The lowest BCUT2D eigenvalue weighted by Gasteiger charge is -1.97. The van der Waals surface area contributed by atoms with Gasteiger partial charge in [-0.3, -0.25) is 4.79 Å². The molecule has 0 radical (unpaired) electrons. The number of carbonyl (C=O) groups excluding carboxylic acids is 1. The number of hydrogen-bond acceptors (Lipinski definition) is 1. The molecule has 0 bridgehead atoms. The first-order valence-corrected chi connectivity index (χ1v) is 3.59. The van der Waals surface area contributed by atoms with Crippen molar-refractivity contribution in [2.24, 2.45) is 7.05 Å². The molecule has 0 aliphatic carbocycles. The van der Waals surface area contributed by atoms with Gasteiger partial charge in [0.05, 0.1) is 5.56 Å². The molecule has 0 aromatic carbocycles. The first kappa shape index (κ1) is 11.6. The molecule has 1 aromatic heterocycles. The van der Waals surface area contributed by atoms with E-state index in [1.165, 1.54) is 0 Å². The Bertz CT molecular complexity index is 297. The van der Waals surface area contributed by atoms with Crippen molar-refractivity contribution in [3.05, 3.63) is 29.6 Å². The smallest absolute Gasteiger partial charge is 0.188 e. The largest absolute Gasteiger partial charge is 1.00 e. The molecule has 0 aliphatic heterocycles. The molecule has 0 amide bonds. The second-order valence-electron chi connectivity index (χ2n) is 2.67. The zero-order chi connectivity index (χ0) is 8.43. The molecule has 0 N–H and O–H groups in total. The molecule has 0 aliphatic rings. The van der Waals surface area contributed by atoms with Crippen molar-refractivity contribution < 1.29 is 33.3 Å². The van der Waals surface area contributed by atoms with E-state index in [2.05, 4.69) is 0 Å². The van der Waals surface area contributed by atoms with E-state index < -0.39 is 0 Å². The van der Waals surface area contributed by atoms with Crippen LogP contribution in [0.25, 0.3) is 0 Å². The highest BCUT2D eigenvalue weighted by atomic mass is 127. The summed E-state index contributed by atoms with van der Waals surface area (Å²) in [4.78, 5) is 11.0. The fraction of sp³-hybridized carbons (Fsp3) is 0.333. The van der Waals surface area contributed by atoms with Crippen molar-refractivity contribution in [2.45, 2.75) is 13.8 Å². The van der Waals surface area contributed by atoms with Gasteiger partial charge in [0.2, 0.25) is 0 Å². The SMILES string of the molecule is CC(=O)c1ccc[n+](C)c1C.[I-]. The second kappa shape index (κ2) is 4.54. The summed E-state index contributed by atoms with van der Waals surface area (Å²) in [5, 5.41) is 0. The van der Waals surface area contributed by atoms with E-state index in [1.54, 1.807) is 6.92 Å². The zero-order valence-electron chi connectivity index (χ0n) is 7.47. The van der Waals surface area contributed by atoms with Crippen LogP contribution >= 0.6 is 0 Å². The van der Waals surface area contributed by atoms with Gasteiger partial charge in [0.25, 0.3) is 0 Å². The van der Waals surface area contributed by atoms with Gasteiger partial charge in [-0.2, -0.15) is 0 Å². The molecule has 0 saturated heterocycles. The van der Waals surface area contributed by atoms with Gasteiger partial charge in [0.1, 0.15) is 7.05 Å². The van der Waals surface area contributed by atoms with Crippen LogP contribution in [-0.4, -0.2) is 5.78 Å². The first-order valence-electron chi connectivity index (χ1n) is 3.59. The van der Waals surface area contributed by atoms with Crippen LogP contribution in [-0.2, 0) is 7.05 Å². The van der Waals surface area contributed by atoms with Gasteiger partial charge in [0.15, 0.2) is 17.7 Å². The van der Waals surface area contributed by atoms with Crippen LogP contribution < -0.4 is 28.5 Å². The lowest BCUT2D eigenvalue weighted by atomic mass is 10.1. The van der Waals surface area contributed by atoms with Crippen LogP contribution in [0.4, 0.5) is 0 Å². The molecule has 0 spiro atoms. The monoisotopic (exact) mass is 277 g/mol. The highest BCUT2D eigenvalue weighted by Gasteiger charge is 2.09. The van der Waals surface area contributed by atoms with Crippen LogP contribution in [0.5, 0.6) is 0 Å². The molecule has 66 valence electrons. The Balaban J connectivity index is 0.00000121. The Labute approximate surface area is 89.6 Å². The number of halogens is 1. The van der Waals surface area contributed by atoms with E-state index in [9.17, 15) is 4.79 Å². The number of hydrogen-bond donors (Lipinski definition) is 0. The predicted octanol–water partition coefficient (Wildman–Crippen LogP) is -1.97. The van der Waals surface area contributed by atoms with Crippen LogP contribution in [0.3, 0.4) is 0 Å². The molecule has 0 unspecified atom stereocenters. The number of Topliss-reactive ketones (excluding diaryl/α,β-unsaturated/α-hetero) is 1. The Morgan fingerprint density at radius 1 is 1.50 bits per heavy atom. The number of aromatic nitrogens is 1. The molecule has 12 heavy (non-hydrogen) atoms. The number of carbonyl (C=O) groups is 1. The molecule has 1 aromatic rings. The number of nitrogens with zero attached hydrogens (tertiary/aromatic N) is 1. The average Bonchev–Trinajstić information content (AvgIpc) is 1.94. The maximum absolute atomic E-state index is 11.0. The van der Waals surface area contributed by atoms with Crippen molar-refractivity contribution in [3.63, 3.8) is 0 Å². The fourth-order valence-corrected chi connectivity index (χ4v) is 1.06. The molecule has 0 fully saturated rings. The Morgan fingerprint density at radius 2 is 2.08 bits per heavy atom. The summed E-state index contributed by atoms with van der Waals surface area (Å²) in [7, 11) is 1.93.